The fraction of sp³-hybridized carbons (Fsp3) is 0.833. The number of rotatable bonds is 4. The van der Waals surface area contributed by atoms with Gasteiger partial charge in [0.05, 0.1) is 0 Å². The molecule has 0 aliphatic heterocycles. The van der Waals surface area contributed by atoms with Crippen molar-refractivity contribution in [3.8, 4) is 0 Å². The topological polar surface area (TPSA) is 18.5 Å². The third kappa shape index (κ3) is 2.98. The molecule has 0 fully saturated rings. The summed E-state index contributed by atoms with van der Waals surface area (Å²) >= 11 is 0. The molecule has 55 valence electrons. The zero-order valence-corrected chi connectivity index (χ0v) is 7.44. The predicted molar refractivity (Wildman–Crippen MR) is 40.4 cm³/mol. The summed E-state index contributed by atoms with van der Waals surface area (Å²) in [5.74, 6) is 0. The van der Waals surface area contributed by atoms with E-state index in [1.165, 1.54) is 0 Å². The Morgan fingerprint density at radius 2 is 1.78 bits per heavy atom. The van der Waals surface area contributed by atoms with Gasteiger partial charge >= 0.3 is 8.56 Å². The second-order valence-corrected chi connectivity index (χ2v) is 5.73. The van der Waals surface area contributed by atoms with Gasteiger partial charge in [-0.15, -0.1) is 0 Å². The molecular formula is C6H15O2Si. The van der Waals surface area contributed by atoms with Gasteiger partial charge in [0.15, 0.2) is 0 Å². The zero-order chi connectivity index (χ0) is 7.33. The van der Waals surface area contributed by atoms with Crippen LogP contribution >= 0.6 is 0 Å². The van der Waals surface area contributed by atoms with Crippen molar-refractivity contribution >= 4 is 8.56 Å². The molecule has 0 aromatic rings. The summed E-state index contributed by atoms with van der Waals surface area (Å²) in [7, 11) is 1.64. The summed E-state index contributed by atoms with van der Waals surface area (Å²) in [6.45, 7) is 5.78. The molecule has 9 heavy (non-hydrogen) atoms. The van der Waals surface area contributed by atoms with Gasteiger partial charge in [-0.3, -0.25) is 0 Å². The highest BCUT2D eigenvalue weighted by molar-refractivity contribution is 6.65. The quantitative estimate of drug-likeness (QED) is 0.562. The van der Waals surface area contributed by atoms with Crippen LogP contribution in [0.2, 0.25) is 12.6 Å². The largest absolute Gasteiger partial charge is 0.398 e. The maximum Gasteiger partial charge on any atom is 0.334 e. The molecule has 0 aliphatic carbocycles. The van der Waals surface area contributed by atoms with Gasteiger partial charge in [0.25, 0.3) is 0 Å². The first-order valence-corrected chi connectivity index (χ1v) is 5.60. The molecule has 0 aromatic carbocycles. The zero-order valence-electron chi connectivity index (χ0n) is 6.44. The van der Waals surface area contributed by atoms with E-state index in [0.29, 0.717) is 0 Å². The second-order valence-electron chi connectivity index (χ2n) is 2.15. The molecule has 0 saturated carbocycles. The molecule has 1 radical (unpaired) electrons. The average Bonchev–Trinajstić information content (AvgIpc) is 1.89. The minimum Gasteiger partial charge on any atom is -0.398 e. The van der Waals surface area contributed by atoms with E-state index in [-0.39, 0.29) is 0 Å². The van der Waals surface area contributed by atoms with E-state index in [4.69, 9.17) is 8.85 Å². The Morgan fingerprint density at radius 1 is 1.33 bits per heavy atom. The van der Waals surface area contributed by atoms with Crippen LogP contribution < -0.4 is 0 Å². The van der Waals surface area contributed by atoms with E-state index in [1.54, 1.807) is 14.2 Å². The van der Waals surface area contributed by atoms with Crippen molar-refractivity contribution < 1.29 is 8.85 Å². The molecule has 0 bridgehead atoms. The molecule has 0 rings (SSSR count). The third-order valence-electron chi connectivity index (χ3n) is 1.49. The van der Waals surface area contributed by atoms with Crippen LogP contribution in [0.4, 0.5) is 0 Å². The van der Waals surface area contributed by atoms with Crippen molar-refractivity contribution in [2.75, 3.05) is 14.2 Å². The SMILES string of the molecule is [CH2]CC[Si](C)(OC)OC. The minimum absolute atomic E-state index is 0.893. The fourth-order valence-corrected chi connectivity index (χ4v) is 1.83. The van der Waals surface area contributed by atoms with Crippen molar-refractivity contribution in [1.82, 2.24) is 0 Å². The lowest BCUT2D eigenvalue weighted by Gasteiger charge is -2.21. The van der Waals surface area contributed by atoms with Gasteiger partial charge in [0.1, 0.15) is 0 Å². The lowest BCUT2D eigenvalue weighted by Crippen LogP contribution is -2.35. The van der Waals surface area contributed by atoms with Crippen molar-refractivity contribution in [2.45, 2.75) is 19.0 Å². The lowest BCUT2D eigenvalue weighted by molar-refractivity contribution is 0.250. The van der Waals surface area contributed by atoms with Crippen LogP contribution in [0.25, 0.3) is 0 Å². The highest BCUT2D eigenvalue weighted by atomic mass is 28.4. The van der Waals surface area contributed by atoms with Crippen molar-refractivity contribution in [3.05, 3.63) is 6.92 Å². The van der Waals surface area contributed by atoms with Gasteiger partial charge in [-0.25, -0.2) is 0 Å². The standard InChI is InChI=1S/C6H15O2Si/c1-5-6-9(4,7-2)8-3/h1,5-6H2,2-4H3. The summed E-state index contributed by atoms with van der Waals surface area (Å²) in [5.41, 5.74) is 0. The summed E-state index contributed by atoms with van der Waals surface area (Å²) < 4.78 is 10.4. The van der Waals surface area contributed by atoms with E-state index in [2.05, 4.69) is 6.92 Å². The minimum atomic E-state index is -1.76. The molecular weight excluding hydrogens is 132 g/mol. The maximum absolute atomic E-state index is 5.20. The van der Waals surface area contributed by atoms with Crippen molar-refractivity contribution in [3.63, 3.8) is 0 Å². The molecule has 0 amide bonds. The van der Waals surface area contributed by atoms with Crippen molar-refractivity contribution in [2.24, 2.45) is 0 Å². The number of hydrogen-bond acceptors (Lipinski definition) is 2. The summed E-state index contributed by atoms with van der Waals surface area (Å²) in [5, 5.41) is 0. The molecule has 0 aromatic heterocycles. The predicted octanol–water partition coefficient (Wildman–Crippen LogP) is 1.58. The Hall–Kier alpha value is 0.137. The molecule has 3 heteroatoms. The maximum atomic E-state index is 5.20. The molecule has 0 saturated heterocycles. The average molecular weight is 147 g/mol. The Kier molecular flexibility index (Phi) is 4.09. The van der Waals surface area contributed by atoms with Gasteiger partial charge in [-0.1, -0.05) is 13.3 Å². The monoisotopic (exact) mass is 147 g/mol. The first-order chi connectivity index (χ1) is 4.18. The van der Waals surface area contributed by atoms with E-state index in [0.717, 1.165) is 12.5 Å². The van der Waals surface area contributed by atoms with E-state index in [1.807, 2.05) is 6.55 Å². The van der Waals surface area contributed by atoms with Gasteiger partial charge in [-0.05, 0) is 12.6 Å². The van der Waals surface area contributed by atoms with E-state index in [9.17, 15) is 0 Å². The molecule has 0 atom stereocenters. The van der Waals surface area contributed by atoms with Crippen LogP contribution in [-0.4, -0.2) is 22.8 Å². The first-order valence-electron chi connectivity index (χ1n) is 3.08. The molecule has 0 N–H and O–H groups in total. The Labute approximate surface area is 58.4 Å². The number of hydrogen-bond donors (Lipinski definition) is 0. The van der Waals surface area contributed by atoms with Crippen molar-refractivity contribution in [1.29, 1.82) is 0 Å². The summed E-state index contributed by atoms with van der Waals surface area (Å²) in [4.78, 5) is 0. The van der Waals surface area contributed by atoms with Gasteiger partial charge in [0, 0.05) is 14.2 Å². The van der Waals surface area contributed by atoms with Crippen LogP contribution in [0.15, 0.2) is 0 Å². The first kappa shape index (κ1) is 9.14. The molecule has 0 aliphatic rings. The van der Waals surface area contributed by atoms with Gasteiger partial charge in [0.2, 0.25) is 0 Å². The fourth-order valence-electron chi connectivity index (χ4n) is 0.609. The third-order valence-corrected chi connectivity index (χ3v) is 4.48. The lowest BCUT2D eigenvalue weighted by atomic mass is 10.6. The van der Waals surface area contributed by atoms with Crippen LogP contribution in [0.5, 0.6) is 0 Å². The van der Waals surface area contributed by atoms with Crippen LogP contribution in [0.1, 0.15) is 6.42 Å². The highest BCUT2D eigenvalue weighted by Crippen LogP contribution is 2.12. The smallest absolute Gasteiger partial charge is 0.334 e. The Balaban J connectivity index is 3.62. The Morgan fingerprint density at radius 3 is 1.89 bits per heavy atom. The summed E-state index contributed by atoms with van der Waals surface area (Å²) in [6, 6.07) is 0.972. The normalized spacial score (nSPS) is 12.0. The molecule has 2 nitrogen and oxygen atoms in total. The molecule has 0 unspecified atom stereocenters. The van der Waals surface area contributed by atoms with Gasteiger partial charge in [-0.2, -0.15) is 0 Å². The van der Waals surface area contributed by atoms with Gasteiger partial charge < -0.3 is 8.85 Å². The van der Waals surface area contributed by atoms with Crippen LogP contribution in [0.3, 0.4) is 0 Å². The van der Waals surface area contributed by atoms with Crippen LogP contribution in [-0.2, 0) is 8.85 Å². The van der Waals surface area contributed by atoms with Crippen LogP contribution in [0, 0.1) is 6.92 Å². The van der Waals surface area contributed by atoms with E-state index >= 15 is 0 Å². The molecule has 0 spiro atoms. The Bertz CT molecular complexity index is 71.5. The highest BCUT2D eigenvalue weighted by Gasteiger charge is 2.26. The van der Waals surface area contributed by atoms with E-state index < -0.39 is 8.56 Å². The summed E-state index contributed by atoms with van der Waals surface area (Å²) in [6.07, 6.45) is 0.893. The second kappa shape index (κ2) is 4.03. The molecule has 0 heterocycles.